The van der Waals surface area contributed by atoms with Crippen LogP contribution in [0.3, 0.4) is 0 Å². The molecule has 0 saturated heterocycles. The van der Waals surface area contributed by atoms with E-state index in [4.69, 9.17) is 0 Å². The molecule has 0 nitrogen and oxygen atoms in total. The molecule has 4 aromatic carbocycles. The molecule has 0 atom stereocenters. The summed E-state index contributed by atoms with van der Waals surface area (Å²) in [5.74, 6) is 0. The first kappa shape index (κ1) is 10.8. The predicted molar refractivity (Wildman–Crippen MR) is 91.6 cm³/mol. The Morgan fingerprint density at radius 1 is 0.455 bits per heavy atom. The van der Waals surface area contributed by atoms with Crippen LogP contribution in [0.4, 0.5) is 0 Å². The smallest absolute Gasteiger partial charge is 0.00137 e. The highest BCUT2D eigenvalue weighted by molar-refractivity contribution is 6.26. The van der Waals surface area contributed by atoms with E-state index in [0.29, 0.717) is 0 Å². The number of fused-ring (bicyclic) bond motifs is 6. The minimum absolute atomic E-state index is 1.25. The molecular formula is C22H11. The van der Waals surface area contributed by atoms with Crippen LogP contribution in [0, 0.1) is 6.07 Å². The van der Waals surface area contributed by atoms with E-state index in [1.165, 1.54) is 55.3 Å². The standard InChI is InChI=1S/C22H11/c1-2-6-14-13(5-1)17-9-10-19-15-7-3-4-8-16(15)20-12-11-18(14)21(17)22(19)20/h1-7,9-12H. The van der Waals surface area contributed by atoms with Crippen molar-refractivity contribution in [1.82, 2.24) is 0 Å². The van der Waals surface area contributed by atoms with Crippen molar-refractivity contribution in [2.75, 3.05) is 0 Å². The van der Waals surface area contributed by atoms with Gasteiger partial charge in [-0.1, -0.05) is 66.7 Å². The Morgan fingerprint density at radius 3 is 1.73 bits per heavy atom. The van der Waals surface area contributed by atoms with Crippen molar-refractivity contribution < 1.29 is 0 Å². The van der Waals surface area contributed by atoms with E-state index in [-0.39, 0.29) is 0 Å². The topological polar surface area (TPSA) is 0 Å². The summed E-state index contributed by atoms with van der Waals surface area (Å²) in [6.45, 7) is 0. The molecule has 0 fully saturated rings. The summed E-state index contributed by atoms with van der Waals surface area (Å²) in [6.07, 6.45) is 0. The summed E-state index contributed by atoms with van der Waals surface area (Å²) < 4.78 is 0. The molecule has 4 aromatic rings. The second-order valence-corrected chi connectivity index (χ2v) is 6.08. The van der Waals surface area contributed by atoms with Gasteiger partial charge < -0.3 is 0 Å². The number of hydrogen-bond donors (Lipinski definition) is 0. The highest BCUT2D eigenvalue weighted by Gasteiger charge is 2.28. The van der Waals surface area contributed by atoms with Crippen LogP contribution < -0.4 is 0 Å². The Kier molecular flexibility index (Phi) is 1.71. The highest BCUT2D eigenvalue weighted by atomic mass is 14.3. The Balaban J connectivity index is 1.88. The van der Waals surface area contributed by atoms with Gasteiger partial charge in [-0.15, -0.1) is 0 Å². The van der Waals surface area contributed by atoms with E-state index < -0.39 is 0 Å². The predicted octanol–water partition coefficient (Wildman–Crippen LogP) is 5.93. The molecule has 0 heteroatoms. The van der Waals surface area contributed by atoms with Crippen LogP contribution in [0.15, 0.2) is 66.7 Å². The third kappa shape index (κ3) is 1.05. The van der Waals surface area contributed by atoms with Crippen molar-refractivity contribution in [3.63, 3.8) is 0 Å². The van der Waals surface area contributed by atoms with Crippen molar-refractivity contribution in [1.29, 1.82) is 0 Å². The summed E-state index contributed by atoms with van der Waals surface area (Å²) in [5.41, 5.74) is 10.7. The Bertz CT molecular complexity index is 941. The fourth-order valence-corrected chi connectivity index (χ4v) is 4.21. The normalized spacial score (nSPS) is 12.5. The van der Waals surface area contributed by atoms with Crippen molar-refractivity contribution in [2.24, 2.45) is 0 Å². The first-order valence-electron chi connectivity index (χ1n) is 7.64. The molecule has 6 rings (SSSR count). The van der Waals surface area contributed by atoms with Gasteiger partial charge in [0.1, 0.15) is 0 Å². The molecule has 22 heavy (non-hydrogen) atoms. The number of hydrogen-bond acceptors (Lipinski definition) is 0. The van der Waals surface area contributed by atoms with Gasteiger partial charge in [0.25, 0.3) is 0 Å². The molecule has 0 aromatic heterocycles. The number of rotatable bonds is 0. The van der Waals surface area contributed by atoms with Crippen LogP contribution in [0.5, 0.6) is 0 Å². The molecule has 0 amide bonds. The first-order valence-corrected chi connectivity index (χ1v) is 7.64. The molecule has 0 bridgehead atoms. The minimum Gasteiger partial charge on any atom is -0.0616 e. The summed E-state index contributed by atoms with van der Waals surface area (Å²) in [6, 6.07) is 27.6. The van der Waals surface area contributed by atoms with Crippen molar-refractivity contribution >= 4 is 10.8 Å². The van der Waals surface area contributed by atoms with Crippen LogP contribution >= 0.6 is 0 Å². The maximum absolute atomic E-state index is 3.44. The van der Waals surface area contributed by atoms with Crippen LogP contribution in [0.1, 0.15) is 0 Å². The SMILES string of the molecule is [c]1cccc2c1-c1ccc3c4c(ccc-2c14)-c1ccccc1-3. The average molecular weight is 275 g/mol. The molecule has 0 unspecified atom stereocenters. The van der Waals surface area contributed by atoms with Gasteiger partial charge in [0.15, 0.2) is 0 Å². The molecule has 0 aliphatic heterocycles. The van der Waals surface area contributed by atoms with E-state index in [0.717, 1.165) is 0 Å². The molecule has 0 N–H and O–H groups in total. The third-order valence-electron chi connectivity index (χ3n) is 5.08. The second kappa shape index (κ2) is 3.48. The van der Waals surface area contributed by atoms with Crippen LogP contribution in [-0.4, -0.2) is 0 Å². The zero-order valence-corrected chi connectivity index (χ0v) is 11.9. The fourth-order valence-electron chi connectivity index (χ4n) is 4.21. The quantitative estimate of drug-likeness (QED) is 0.322. The van der Waals surface area contributed by atoms with Gasteiger partial charge in [0, 0.05) is 0 Å². The molecule has 99 valence electrons. The van der Waals surface area contributed by atoms with Crippen molar-refractivity contribution in [2.45, 2.75) is 0 Å². The zero-order valence-electron chi connectivity index (χ0n) is 11.9. The third-order valence-corrected chi connectivity index (χ3v) is 5.08. The monoisotopic (exact) mass is 275 g/mol. The molecule has 2 aliphatic rings. The van der Waals surface area contributed by atoms with Gasteiger partial charge in [-0.3, -0.25) is 0 Å². The second-order valence-electron chi connectivity index (χ2n) is 6.08. The van der Waals surface area contributed by atoms with E-state index in [9.17, 15) is 0 Å². The Morgan fingerprint density at radius 2 is 1.00 bits per heavy atom. The van der Waals surface area contributed by atoms with E-state index >= 15 is 0 Å². The van der Waals surface area contributed by atoms with Gasteiger partial charge in [0.05, 0.1) is 0 Å². The first-order chi connectivity index (χ1) is 10.9. The average Bonchev–Trinajstić information content (AvgIpc) is 3.08. The lowest BCUT2D eigenvalue weighted by Gasteiger charge is -2.05. The van der Waals surface area contributed by atoms with E-state index in [1.807, 2.05) is 6.07 Å². The lowest BCUT2D eigenvalue weighted by Crippen LogP contribution is -1.78. The van der Waals surface area contributed by atoms with Crippen LogP contribution in [-0.2, 0) is 0 Å². The van der Waals surface area contributed by atoms with E-state index in [1.54, 1.807) is 0 Å². The van der Waals surface area contributed by atoms with Gasteiger partial charge in [-0.05, 0) is 61.3 Å². The largest absolute Gasteiger partial charge is 0.0616 e. The zero-order chi connectivity index (χ0) is 14.3. The molecule has 0 heterocycles. The van der Waals surface area contributed by atoms with Gasteiger partial charge in [0.2, 0.25) is 0 Å². The minimum atomic E-state index is 1.25. The summed E-state index contributed by atoms with van der Waals surface area (Å²) >= 11 is 0. The molecule has 0 spiro atoms. The van der Waals surface area contributed by atoms with E-state index in [2.05, 4.69) is 66.7 Å². The maximum atomic E-state index is 3.44. The number of benzene rings is 4. The maximum Gasteiger partial charge on any atom is -0.00137 e. The van der Waals surface area contributed by atoms with Crippen LogP contribution in [0.2, 0.25) is 0 Å². The Labute approximate surface area is 128 Å². The molecule has 1 radical (unpaired) electrons. The van der Waals surface area contributed by atoms with Crippen molar-refractivity contribution in [3.05, 3.63) is 72.8 Å². The van der Waals surface area contributed by atoms with Gasteiger partial charge in [-0.2, -0.15) is 0 Å². The fraction of sp³-hybridized carbons (Fsp3) is 0. The molecular weight excluding hydrogens is 264 g/mol. The Hall–Kier alpha value is -2.86. The molecule has 2 aliphatic carbocycles. The summed E-state index contributed by atoms with van der Waals surface area (Å²) in [4.78, 5) is 0. The summed E-state index contributed by atoms with van der Waals surface area (Å²) in [7, 11) is 0. The summed E-state index contributed by atoms with van der Waals surface area (Å²) in [5, 5.41) is 2.82. The lowest BCUT2D eigenvalue weighted by molar-refractivity contribution is 1.66. The van der Waals surface area contributed by atoms with Gasteiger partial charge >= 0.3 is 0 Å². The highest BCUT2D eigenvalue weighted by Crippen LogP contribution is 2.55. The van der Waals surface area contributed by atoms with Gasteiger partial charge in [-0.25, -0.2) is 0 Å². The molecule has 0 saturated carbocycles. The van der Waals surface area contributed by atoms with Crippen molar-refractivity contribution in [3.8, 4) is 44.5 Å². The van der Waals surface area contributed by atoms with Crippen LogP contribution in [0.25, 0.3) is 55.3 Å². The lowest BCUT2D eigenvalue weighted by atomic mass is 9.97.